The lowest BCUT2D eigenvalue weighted by molar-refractivity contribution is -0.137. The first kappa shape index (κ1) is 17.8. The van der Waals surface area contributed by atoms with Gasteiger partial charge in [-0.1, -0.05) is 13.8 Å². The minimum absolute atomic E-state index is 0.135. The van der Waals surface area contributed by atoms with E-state index in [-0.39, 0.29) is 18.6 Å². The predicted octanol–water partition coefficient (Wildman–Crippen LogP) is 2.04. The van der Waals surface area contributed by atoms with Gasteiger partial charge in [0.05, 0.1) is 6.42 Å². The van der Waals surface area contributed by atoms with Gasteiger partial charge in [-0.2, -0.15) is 0 Å². The Morgan fingerprint density at radius 2 is 1.90 bits per heavy atom. The van der Waals surface area contributed by atoms with Crippen LogP contribution in [0.2, 0.25) is 0 Å². The number of carboxylic acids is 1. The number of nitrogens with zero attached hydrogens (tertiary/aromatic N) is 2. The summed E-state index contributed by atoms with van der Waals surface area (Å²) in [7, 11) is 0. The molecule has 1 aliphatic rings. The highest BCUT2D eigenvalue weighted by Crippen LogP contribution is 2.19. The number of carbonyl (C=O) groups excluding carboxylic acids is 1. The van der Waals surface area contributed by atoms with Crippen LogP contribution in [0.25, 0.3) is 0 Å². The second-order valence-corrected chi connectivity index (χ2v) is 6.92. The molecule has 1 saturated heterocycles. The monoisotopic (exact) mass is 300 g/mol. The van der Waals surface area contributed by atoms with E-state index in [9.17, 15) is 9.59 Å². The summed E-state index contributed by atoms with van der Waals surface area (Å²) in [6.45, 7) is 12.1. The Balaban J connectivity index is 2.64. The highest BCUT2D eigenvalue weighted by molar-refractivity contribution is 5.68. The first-order chi connectivity index (χ1) is 9.60. The lowest BCUT2D eigenvalue weighted by Gasteiger charge is -2.43. The van der Waals surface area contributed by atoms with Crippen molar-refractivity contribution < 1.29 is 19.4 Å². The van der Waals surface area contributed by atoms with E-state index in [1.165, 1.54) is 0 Å². The zero-order chi connectivity index (χ0) is 16.2. The van der Waals surface area contributed by atoms with Crippen molar-refractivity contribution in [2.75, 3.05) is 26.2 Å². The van der Waals surface area contributed by atoms with Crippen molar-refractivity contribution in [1.29, 1.82) is 0 Å². The van der Waals surface area contributed by atoms with Crippen molar-refractivity contribution in [3.8, 4) is 0 Å². The molecule has 6 nitrogen and oxygen atoms in total. The fourth-order valence-corrected chi connectivity index (χ4v) is 2.49. The molecule has 21 heavy (non-hydrogen) atoms. The summed E-state index contributed by atoms with van der Waals surface area (Å²) in [4.78, 5) is 26.8. The minimum atomic E-state index is -0.785. The van der Waals surface area contributed by atoms with Crippen molar-refractivity contribution in [1.82, 2.24) is 9.80 Å². The van der Waals surface area contributed by atoms with E-state index in [2.05, 4.69) is 18.7 Å². The zero-order valence-electron chi connectivity index (χ0n) is 13.8. The summed E-state index contributed by atoms with van der Waals surface area (Å²) in [6.07, 6.45) is -0.151. The maximum absolute atomic E-state index is 12.1. The molecular formula is C15H28N2O4. The second kappa shape index (κ2) is 7.11. The average Bonchev–Trinajstić information content (AvgIpc) is 2.33. The topological polar surface area (TPSA) is 70.1 Å². The molecule has 0 aromatic carbocycles. The quantitative estimate of drug-likeness (QED) is 0.860. The third-order valence-electron chi connectivity index (χ3n) is 3.57. The van der Waals surface area contributed by atoms with Crippen LogP contribution in [-0.4, -0.2) is 64.8 Å². The van der Waals surface area contributed by atoms with E-state index in [0.29, 0.717) is 32.1 Å². The molecule has 1 fully saturated rings. The Kier molecular flexibility index (Phi) is 6.01. The molecule has 6 heteroatoms. The van der Waals surface area contributed by atoms with E-state index in [1.807, 2.05) is 20.8 Å². The van der Waals surface area contributed by atoms with Crippen molar-refractivity contribution in [3.63, 3.8) is 0 Å². The smallest absolute Gasteiger partial charge is 0.410 e. The molecule has 122 valence electrons. The molecular weight excluding hydrogens is 272 g/mol. The van der Waals surface area contributed by atoms with E-state index in [1.54, 1.807) is 4.90 Å². The van der Waals surface area contributed by atoms with E-state index < -0.39 is 11.6 Å². The van der Waals surface area contributed by atoms with Crippen molar-refractivity contribution >= 4 is 12.1 Å². The van der Waals surface area contributed by atoms with Gasteiger partial charge in [0, 0.05) is 32.2 Å². The van der Waals surface area contributed by atoms with Crippen LogP contribution >= 0.6 is 0 Å². The Labute approximate surface area is 127 Å². The van der Waals surface area contributed by atoms with E-state index in [4.69, 9.17) is 9.84 Å². The standard InChI is InChI=1S/C15H28N2O4/c1-11(2)12-10-17(14(20)21-15(3,4)5)9-8-16(12)7-6-13(18)19/h11-12H,6-10H2,1-5H3,(H,18,19)/t12-/m0/s1. The number of hydrogen-bond donors (Lipinski definition) is 1. The van der Waals surface area contributed by atoms with Gasteiger partial charge in [-0.15, -0.1) is 0 Å². The summed E-state index contributed by atoms with van der Waals surface area (Å²) in [5, 5.41) is 8.83. The summed E-state index contributed by atoms with van der Waals surface area (Å²) < 4.78 is 5.41. The highest BCUT2D eigenvalue weighted by atomic mass is 16.6. The number of carbonyl (C=O) groups is 2. The van der Waals surface area contributed by atoms with Gasteiger partial charge >= 0.3 is 12.1 Å². The van der Waals surface area contributed by atoms with Crippen LogP contribution in [-0.2, 0) is 9.53 Å². The molecule has 0 spiro atoms. The molecule has 0 unspecified atom stereocenters. The van der Waals surface area contributed by atoms with E-state index in [0.717, 1.165) is 0 Å². The van der Waals surface area contributed by atoms with Crippen molar-refractivity contribution in [2.24, 2.45) is 5.92 Å². The van der Waals surface area contributed by atoms with Gasteiger partial charge < -0.3 is 14.7 Å². The van der Waals surface area contributed by atoms with E-state index >= 15 is 0 Å². The molecule has 1 aliphatic heterocycles. The first-order valence-corrected chi connectivity index (χ1v) is 7.54. The van der Waals surface area contributed by atoms with Crippen LogP contribution in [0.5, 0.6) is 0 Å². The van der Waals surface area contributed by atoms with Crippen LogP contribution in [0.1, 0.15) is 41.0 Å². The van der Waals surface area contributed by atoms with Gasteiger partial charge in [-0.05, 0) is 26.7 Å². The number of amides is 1. The predicted molar refractivity (Wildman–Crippen MR) is 80.3 cm³/mol. The Morgan fingerprint density at radius 3 is 2.38 bits per heavy atom. The Morgan fingerprint density at radius 1 is 1.29 bits per heavy atom. The molecule has 0 aromatic rings. The molecule has 1 amide bonds. The van der Waals surface area contributed by atoms with Crippen molar-refractivity contribution in [3.05, 3.63) is 0 Å². The van der Waals surface area contributed by atoms with Crippen LogP contribution < -0.4 is 0 Å². The van der Waals surface area contributed by atoms with Gasteiger partial charge in [0.25, 0.3) is 0 Å². The van der Waals surface area contributed by atoms with Crippen LogP contribution in [0.4, 0.5) is 4.79 Å². The van der Waals surface area contributed by atoms with Crippen LogP contribution in [0.15, 0.2) is 0 Å². The Hall–Kier alpha value is -1.30. The molecule has 0 bridgehead atoms. The lowest BCUT2D eigenvalue weighted by Crippen LogP contribution is -2.57. The third-order valence-corrected chi connectivity index (χ3v) is 3.57. The van der Waals surface area contributed by atoms with Crippen LogP contribution in [0.3, 0.4) is 0 Å². The number of carboxylic acid groups (broad SMARTS) is 1. The number of hydrogen-bond acceptors (Lipinski definition) is 4. The highest BCUT2D eigenvalue weighted by Gasteiger charge is 2.33. The largest absolute Gasteiger partial charge is 0.481 e. The summed E-state index contributed by atoms with van der Waals surface area (Å²) in [5.74, 6) is -0.434. The minimum Gasteiger partial charge on any atom is -0.481 e. The first-order valence-electron chi connectivity index (χ1n) is 7.54. The number of rotatable bonds is 4. The number of piperazine rings is 1. The average molecular weight is 300 g/mol. The van der Waals surface area contributed by atoms with Gasteiger partial charge in [-0.3, -0.25) is 9.69 Å². The molecule has 1 N–H and O–H groups in total. The maximum atomic E-state index is 12.1. The SMILES string of the molecule is CC(C)[C@@H]1CN(C(=O)OC(C)(C)C)CCN1CCC(=O)O. The summed E-state index contributed by atoms with van der Waals surface area (Å²) in [6, 6.07) is 0.172. The van der Waals surface area contributed by atoms with Gasteiger partial charge in [0.15, 0.2) is 0 Å². The number of ether oxygens (including phenoxy) is 1. The van der Waals surface area contributed by atoms with Gasteiger partial charge in [-0.25, -0.2) is 4.79 Å². The Bertz CT molecular complexity index is 376. The maximum Gasteiger partial charge on any atom is 0.410 e. The fraction of sp³-hybridized carbons (Fsp3) is 0.867. The molecule has 0 saturated carbocycles. The fourth-order valence-electron chi connectivity index (χ4n) is 2.49. The second-order valence-electron chi connectivity index (χ2n) is 6.92. The summed E-state index contributed by atoms with van der Waals surface area (Å²) in [5.41, 5.74) is -0.495. The molecule has 0 radical (unpaired) electrons. The van der Waals surface area contributed by atoms with Gasteiger partial charge in [0.1, 0.15) is 5.60 Å². The number of aliphatic carboxylic acids is 1. The van der Waals surface area contributed by atoms with Gasteiger partial charge in [0.2, 0.25) is 0 Å². The van der Waals surface area contributed by atoms with Crippen LogP contribution in [0, 0.1) is 5.92 Å². The molecule has 1 rings (SSSR count). The lowest BCUT2D eigenvalue weighted by atomic mass is 9.99. The molecule has 1 atom stereocenters. The zero-order valence-corrected chi connectivity index (χ0v) is 13.8. The van der Waals surface area contributed by atoms with Crippen molar-refractivity contribution in [2.45, 2.75) is 52.7 Å². The normalized spacial score (nSPS) is 20.7. The summed E-state index contributed by atoms with van der Waals surface area (Å²) >= 11 is 0. The third kappa shape index (κ3) is 5.91. The molecule has 0 aromatic heterocycles. The molecule has 1 heterocycles. The molecule has 0 aliphatic carbocycles.